The molecular weight excluding hydrogens is 494 g/mol. The molecule has 1 N–H and O–H groups in total. The molecule has 5 rings (SSSR count). The maximum Gasteiger partial charge on any atom is 0.268 e. The summed E-state index contributed by atoms with van der Waals surface area (Å²) >= 11 is 0. The molecule has 0 unspecified atom stereocenters. The van der Waals surface area contributed by atoms with Crippen LogP contribution in [0, 0.1) is 18.6 Å². The summed E-state index contributed by atoms with van der Waals surface area (Å²) in [4.78, 5) is 34.6. The smallest absolute Gasteiger partial charge is 0.268 e. The van der Waals surface area contributed by atoms with Crippen molar-refractivity contribution in [3.05, 3.63) is 112 Å². The zero-order valence-electron chi connectivity index (χ0n) is 20.2. The molecule has 0 aliphatic heterocycles. The zero-order chi connectivity index (χ0) is 26.8. The van der Waals surface area contributed by atoms with Crippen LogP contribution in [0.3, 0.4) is 0 Å². The van der Waals surface area contributed by atoms with Gasteiger partial charge in [0.15, 0.2) is 17.3 Å². The predicted octanol–water partition coefficient (Wildman–Crippen LogP) is 5.42. The second kappa shape index (κ2) is 10.1. The maximum atomic E-state index is 15.0. The Kier molecular flexibility index (Phi) is 6.53. The fraction of sp³-hybridized carbons (Fsp3) is 0.0714. The quantitative estimate of drug-likeness (QED) is 0.325. The maximum absolute atomic E-state index is 15.0. The van der Waals surface area contributed by atoms with Crippen molar-refractivity contribution in [1.29, 1.82) is 0 Å². The van der Waals surface area contributed by atoms with Crippen molar-refractivity contribution in [2.24, 2.45) is 0 Å². The van der Waals surface area contributed by atoms with E-state index in [2.05, 4.69) is 15.3 Å². The van der Waals surface area contributed by atoms with E-state index in [9.17, 15) is 18.4 Å². The highest BCUT2D eigenvalue weighted by Gasteiger charge is 2.18. The van der Waals surface area contributed by atoms with Crippen molar-refractivity contribution in [3.63, 3.8) is 0 Å². The van der Waals surface area contributed by atoms with Crippen LogP contribution < -0.4 is 20.3 Å². The molecule has 0 saturated carbocycles. The van der Waals surface area contributed by atoms with Gasteiger partial charge >= 0.3 is 0 Å². The molecule has 38 heavy (non-hydrogen) atoms. The Morgan fingerprint density at radius 1 is 0.974 bits per heavy atom. The third kappa shape index (κ3) is 4.79. The van der Waals surface area contributed by atoms with Crippen LogP contribution in [0.5, 0.6) is 17.4 Å². The molecular formula is C28H20F2N4O4. The second-order valence-electron chi connectivity index (χ2n) is 8.26. The normalized spacial score (nSPS) is 10.8. The highest BCUT2D eigenvalue weighted by atomic mass is 19.1. The second-order valence-corrected chi connectivity index (χ2v) is 8.26. The van der Waals surface area contributed by atoms with E-state index in [4.69, 9.17) is 9.47 Å². The third-order valence-corrected chi connectivity index (χ3v) is 5.77. The van der Waals surface area contributed by atoms with Crippen LogP contribution in [0.15, 0.2) is 83.9 Å². The van der Waals surface area contributed by atoms with E-state index < -0.39 is 23.1 Å². The van der Waals surface area contributed by atoms with Gasteiger partial charge in [0.05, 0.1) is 12.6 Å². The van der Waals surface area contributed by atoms with Crippen molar-refractivity contribution < 1.29 is 23.0 Å². The lowest BCUT2D eigenvalue weighted by atomic mass is 10.1. The number of halogens is 2. The molecule has 0 radical (unpaired) electrons. The highest BCUT2D eigenvalue weighted by Crippen LogP contribution is 2.31. The molecule has 10 heteroatoms. The van der Waals surface area contributed by atoms with Crippen molar-refractivity contribution in [2.45, 2.75) is 6.92 Å². The number of hydrogen-bond donors (Lipinski definition) is 1. The number of fused-ring (bicyclic) bond motifs is 1. The molecule has 0 atom stereocenters. The monoisotopic (exact) mass is 514 g/mol. The van der Waals surface area contributed by atoms with E-state index in [0.29, 0.717) is 28.2 Å². The van der Waals surface area contributed by atoms with Crippen LogP contribution in [0.2, 0.25) is 0 Å². The molecule has 0 spiro atoms. The van der Waals surface area contributed by atoms with Gasteiger partial charge in [0.25, 0.3) is 11.5 Å². The average Bonchev–Trinajstić information content (AvgIpc) is 2.91. The Bertz CT molecular complexity index is 1740. The van der Waals surface area contributed by atoms with E-state index in [1.54, 1.807) is 31.2 Å². The molecule has 0 bridgehead atoms. The minimum absolute atomic E-state index is 0.102. The summed E-state index contributed by atoms with van der Waals surface area (Å²) in [5.41, 5.74) is 1.16. The van der Waals surface area contributed by atoms with Crippen LogP contribution in [0.4, 0.5) is 14.5 Å². The minimum Gasteiger partial charge on any atom is -0.481 e. The number of hydrogen-bond acceptors (Lipinski definition) is 6. The summed E-state index contributed by atoms with van der Waals surface area (Å²) in [6.45, 7) is 1.62. The molecule has 190 valence electrons. The number of nitrogens with zero attached hydrogens (tertiary/aromatic N) is 3. The number of carbonyl (C=O) groups is 1. The van der Waals surface area contributed by atoms with Gasteiger partial charge in [-0.25, -0.2) is 13.8 Å². The van der Waals surface area contributed by atoms with Gasteiger partial charge in [0.2, 0.25) is 5.88 Å². The van der Waals surface area contributed by atoms with Crippen LogP contribution >= 0.6 is 0 Å². The summed E-state index contributed by atoms with van der Waals surface area (Å²) in [6.07, 6.45) is 3.01. The third-order valence-electron chi connectivity index (χ3n) is 5.77. The van der Waals surface area contributed by atoms with Gasteiger partial charge in [-0.1, -0.05) is 0 Å². The van der Waals surface area contributed by atoms with E-state index in [0.717, 1.165) is 6.07 Å². The molecule has 5 aromatic rings. The van der Waals surface area contributed by atoms with Crippen molar-refractivity contribution in [3.8, 4) is 23.1 Å². The summed E-state index contributed by atoms with van der Waals surface area (Å²) < 4.78 is 40.4. The van der Waals surface area contributed by atoms with Crippen molar-refractivity contribution in [1.82, 2.24) is 14.5 Å². The van der Waals surface area contributed by atoms with E-state index in [-0.39, 0.29) is 22.7 Å². The first kappa shape index (κ1) is 24.6. The molecule has 2 aromatic carbocycles. The SMILES string of the molecule is COc1ccc2nccc(Oc3ccc(NC(=O)c4c(C)ccn(-c5ccc(F)cc5)c4=O)cc3F)c2n1. The molecule has 8 nitrogen and oxygen atoms in total. The van der Waals surface area contributed by atoms with Gasteiger partial charge in [-0.15, -0.1) is 0 Å². The number of amides is 1. The highest BCUT2D eigenvalue weighted by molar-refractivity contribution is 6.05. The standard InChI is InChI=1S/C28H20F2N4O4/c1-16-12-14-34(19-6-3-17(29)4-7-19)28(36)25(16)27(35)32-18-5-9-22(20(30)15-18)38-23-11-13-31-21-8-10-24(37-2)33-26(21)23/h3-15H,1-2H3,(H,32,35). The summed E-state index contributed by atoms with van der Waals surface area (Å²) in [5, 5.41) is 2.56. The van der Waals surface area contributed by atoms with Gasteiger partial charge in [0, 0.05) is 42.0 Å². The summed E-state index contributed by atoms with van der Waals surface area (Å²) in [6, 6.07) is 15.7. The number of pyridine rings is 3. The molecule has 0 aliphatic rings. The van der Waals surface area contributed by atoms with E-state index in [1.165, 1.54) is 60.5 Å². The Morgan fingerprint density at radius 2 is 1.76 bits per heavy atom. The van der Waals surface area contributed by atoms with Crippen LogP contribution in [0.1, 0.15) is 15.9 Å². The Hall–Kier alpha value is -5.12. The number of methoxy groups -OCH3 is 1. The molecule has 0 aliphatic carbocycles. The number of benzene rings is 2. The number of carbonyl (C=O) groups excluding carboxylic acids is 1. The zero-order valence-corrected chi connectivity index (χ0v) is 20.2. The fourth-order valence-corrected chi connectivity index (χ4v) is 3.86. The van der Waals surface area contributed by atoms with Crippen molar-refractivity contribution >= 4 is 22.6 Å². The van der Waals surface area contributed by atoms with Crippen LogP contribution in [-0.2, 0) is 0 Å². The number of ether oxygens (including phenoxy) is 2. The first-order valence-electron chi connectivity index (χ1n) is 11.4. The van der Waals surface area contributed by atoms with Gasteiger partial charge in [-0.2, -0.15) is 0 Å². The van der Waals surface area contributed by atoms with Gasteiger partial charge < -0.3 is 14.8 Å². The molecule has 0 saturated heterocycles. The number of aromatic nitrogens is 3. The first-order chi connectivity index (χ1) is 18.3. The number of anilines is 1. The lowest BCUT2D eigenvalue weighted by Gasteiger charge is -2.13. The fourth-order valence-electron chi connectivity index (χ4n) is 3.86. The minimum atomic E-state index is -0.746. The summed E-state index contributed by atoms with van der Waals surface area (Å²) in [7, 11) is 1.48. The number of nitrogens with one attached hydrogen (secondary N) is 1. The van der Waals surface area contributed by atoms with E-state index in [1.807, 2.05) is 0 Å². The lowest BCUT2D eigenvalue weighted by Crippen LogP contribution is -2.29. The topological polar surface area (TPSA) is 95.3 Å². The van der Waals surface area contributed by atoms with Crippen LogP contribution in [0.25, 0.3) is 16.7 Å². The summed E-state index contributed by atoms with van der Waals surface area (Å²) in [5.74, 6) is -1.39. The molecule has 3 heterocycles. The number of rotatable bonds is 6. The van der Waals surface area contributed by atoms with Gasteiger partial charge in [0.1, 0.15) is 16.9 Å². The van der Waals surface area contributed by atoms with Gasteiger partial charge in [-0.3, -0.25) is 19.1 Å². The van der Waals surface area contributed by atoms with Crippen LogP contribution in [-0.4, -0.2) is 27.6 Å². The van der Waals surface area contributed by atoms with E-state index >= 15 is 0 Å². The van der Waals surface area contributed by atoms with Gasteiger partial charge in [-0.05, 0) is 61.0 Å². The largest absolute Gasteiger partial charge is 0.481 e. The predicted molar refractivity (Wildman–Crippen MR) is 137 cm³/mol. The Labute approximate surface area is 215 Å². The number of aryl methyl sites for hydroxylation is 1. The molecule has 0 fully saturated rings. The Morgan fingerprint density at radius 3 is 2.50 bits per heavy atom. The average molecular weight is 514 g/mol. The molecule has 1 amide bonds. The lowest BCUT2D eigenvalue weighted by molar-refractivity contribution is 0.102. The van der Waals surface area contributed by atoms with Crippen molar-refractivity contribution in [2.75, 3.05) is 12.4 Å². The Balaban J connectivity index is 1.40. The first-order valence-corrected chi connectivity index (χ1v) is 11.4. The molecule has 3 aromatic heterocycles.